The van der Waals surface area contributed by atoms with Crippen LogP contribution in [0.5, 0.6) is 0 Å². The molecule has 10 atom stereocenters. The van der Waals surface area contributed by atoms with E-state index in [1.165, 1.54) is 51.4 Å². The monoisotopic (exact) mass is 616 g/mol. The lowest BCUT2D eigenvalue weighted by atomic mass is 9.54. The Morgan fingerprint density at radius 3 is 1.44 bits per heavy atom. The van der Waals surface area contributed by atoms with Gasteiger partial charge in [0.1, 0.15) is 0 Å². The molecule has 0 bridgehead atoms. The van der Waals surface area contributed by atoms with Crippen molar-refractivity contribution in [3.05, 3.63) is 0 Å². The van der Waals surface area contributed by atoms with Crippen molar-refractivity contribution in [3.63, 3.8) is 0 Å². The van der Waals surface area contributed by atoms with Gasteiger partial charge in [-0.25, -0.2) is 0 Å². The molecule has 9 aliphatic carbocycles. The SMILES string of the molecule is C1CCC(C2CCC(N(C3CCCCC3)C3CCC4CC5C6CCCCC6CC(C6CC7CCCCC7C6)C5C4C3)CC2)CC1. The van der Waals surface area contributed by atoms with Crippen molar-refractivity contribution in [2.75, 3.05) is 0 Å². The van der Waals surface area contributed by atoms with Gasteiger partial charge in [0.15, 0.2) is 0 Å². The molecule has 45 heavy (non-hydrogen) atoms. The first-order valence-corrected chi connectivity index (χ1v) is 22.1. The minimum atomic E-state index is 0.939. The van der Waals surface area contributed by atoms with Gasteiger partial charge in [0.05, 0.1) is 0 Å². The van der Waals surface area contributed by atoms with E-state index in [1.54, 1.807) is 135 Å². The van der Waals surface area contributed by atoms with Crippen LogP contribution in [0.2, 0.25) is 0 Å². The van der Waals surface area contributed by atoms with Gasteiger partial charge in [0.25, 0.3) is 0 Å². The first kappa shape index (κ1) is 31.0. The third kappa shape index (κ3) is 6.07. The van der Waals surface area contributed by atoms with Gasteiger partial charge >= 0.3 is 0 Å². The maximum absolute atomic E-state index is 3.37. The summed E-state index contributed by atoms with van der Waals surface area (Å²) in [5, 5.41) is 0. The highest BCUT2D eigenvalue weighted by atomic mass is 15.2. The Bertz CT molecular complexity index is 938. The molecule has 10 unspecified atom stereocenters. The molecule has 9 rings (SSSR count). The van der Waals surface area contributed by atoms with E-state index in [-0.39, 0.29) is 0 Å². The lowest BCUT2D eigenvalue weighted by Gasteiger charge is -2.53. The largest absolute Gasteiger partial charge is 0.294 e. The van der Waals surface area contributed by atoms with Crippen molar-refractivity contribution in [1.82, 2.24) is 4.90 Å². The van der Waals surface area contributed by atoms with Gasteiger partial charge in [0, 0.05) is 18.1 Å². The standard InChI is InChI=1S/C44H73N/c1-3-11-30(12-4-1)31-19-22-38(23-20-31)45(37-16-5-2-6-17-37)39-24-21-35-28-43-40-18-10-9-15-34(40)27-41(44(43)42(35)29-39)36-25-32-13-7-8-14-33(32)26-36/h30-44H,1-29H2. The van der Waals surface area contributed by atoms with Crippen molar-refractivity contribution in [3.8, 4) is 0 Å². The summed E-state index contributed by atoms with van der Waals surface area (Å²) in [5.74, 6) is 13.5. The highest BCUT2D eigenvalue weighted by Crippen LogP contribution is 2.65. The van der Waals surface area contributed by atoms with Crippen molar-refractivity contribution >= 4 is 0 Å². The third-order valence-electron chi connectivity index (χ3n) is 18.0. The van der Waals surface area contributed by atoms with Crippen LogP contribution in [0.25, 0.3) is 0 Å². The Morgan fingerprint density at radius 2 is 0.711 bits per heavy atom. The minimum Gasteiger partial charge on any atom is -0.294 e. The number of rotatable bonds is 5. The molecule has 9 saturated carbocycles. The average molecular weight is 616 g/mol. The average Bonchev–Trinajstić information content (AvgIpc) is 3.72. The molecule has 0 radical (unpaired) electrons. The summed E-state index contributed by atoms with van der Waals surface area (Å²) in [7, 11) is 0. The van der Waals surface area contributed by atoms with Gasteiger partial charge < -0.3 is 0 Å². The van der Waals surface area contributed by atoms with E-state index in [2.05, 4.69) is 4.90 Å². The zero-order chi connectivity index (χ0) is 29.7. The first-order chi connectivity index (χ1) is 22.3. The van der Waals surface area contributed by atoms with E-state index < -0.39 is 0 Å². The summed E-state index contributed by atoms with van der Waals surface area (Å²) in [6.07, 6.45) is 45.9. The van der Waals surface area contributed by atoms with Crippen LogP contribution in [0.4, 0.5) is 0 Å². The van der Waals surface area contributed by atoms with Gasteiger partial charge in [-0.1, -0.05) is 96.3 Å². The fraction of sp³-hybridized carbons (Fsp3) is 1.00. The summed E-state index contributed by atoms with van der Waals surface area (Å²) in [6.45, 7) is 0. The Kier molecular flexibility index (Phi) is 9.43. The molecule has 254 valence electrons. The number of hydrogen-bond acceptors (Lipinski definition) is 1. The molecule has 9 aliphatic rings. The molecule has 0 spiro atoms. The van der Waals surface area contributed by atoms with E-state index in [1.807, 2.05) is 0 Å². The van der Waals surface area contributed by atoms with E-state index in [9.17, 15) is 0 Å². The Labute approximate surface area is 279 Å². The van der Waals surface area contributed by atoms with Crippen LogP contribution in [-0.4, -0.2) is 23.0 Å². The zero-order valence-corrected chi connectivity index (χ0v) is 29.6. The van der Waals surface area contributed by atoms with Crippen molar-refractivity contribution in [2.45, 2.75) is 204 Å². The summed E-state index contributed by atoms with van der Waals surface area (Å²) >= 11 is 0. The number of hydrogen-bond donors (Lipinski definition) is 0. The Hall–Kier alpha value is -0.0400. The van der Waals surface area contributed by atoms with Gasteiger partial charge in [-0.2, -0.15) is 0 Å². The summed E-state index contributed by atoms with van der Waals surface area (Å²) < 4.78 is 0. The second-order valence-corrected chi connectivity index (χ2v) is 19.7. The Morgan fingerprint density at radius 1 is 0.244 bits per heavy atom. The van der Waals surface area contributed by atoms with Gasteiger partial charge in [-0.3, -0.25) is 4.90 Å². The highest BCUT2D eigenvalue weighted by molar-refractivity contribution is 5.08. The van der Waals surface area contributed by atoms with Gasteiger partial charge in [0.2, 0.25) is 0 Å². The molecular formula is C44H73N. The van der Waals surface area contributed by atoms with Crippen LogP contribution in [0.3, 0.4) is 0 Å². The Balaban J connectivity index is 0.949. The molecule has 0 saturated heterocycles. The van der Waals surface area contributed by atoms with E-state index >= 15 is 0 Å². The van der Waals surface area contributed by atoms with Gasteiger partial charge in [-0.05, 0) is 161 Å². The lowest BCUT2D eigenvalue weighted by Crippen LogP contribution is -2.54. The maximum atomic E-state index is 3.37. The first-order valence-electron chi connectivity index (χ1n) is 22.1. The smallest absolute Gasteiger partial charge is 0.0104 e. The van der Waals surface area contributed by atoms with Crippen LogP contribution in [-0.2, 0) is 0 Å². The van der Waals surface area contributed by atoms with Crippen LogP contribution < -0.4 is 0 Å². The topological polar surface area (TPSA) is 3.24 Å². The molecular weight excluding hydrogens is 542 g/mol. The molecule has 0 heterocycles. The molecule has 0 N–H and O–H groups in total. The quantitative estimate of drug-likeness (QED) is 0.297. The fourth-order valence-electron chi connectivity index (χ4n) is 16.2. The second-order valence-electron chi connectivity index (χ2n) is 19.7. The molecule has 0 aliphatic heterocycles. The van der Waals surface area contributed by atoms with Crippen molar-refractivity contribution < 1.29 is 0 Å². The second kappa shape index (κ2) is 13.7. The predicted octanol–water partition coefficient (Wildman–Crippen LogP) is 12.2. The van der Waals surface area contributed by atoms with Crippen LogP contribution in [0, 0.1) is 71.0 Å². The van der Waals surface area contributed by atoms with Gasteiger partial charge in [-0.15, -0.1) is 0 Å². The fourth-order valence-corrected chi connectivity index (χ4v) is 16.2. The molecule has 9 fully saturated rings. The summed E-state index contributed by atoms with van der Waals surface area (Å²) in [5.41, 5.74) is 0. The minimum absolute atomic E-state index is 0.939. The normalized spacial score (nSPS) is 49.7. The highest BCUT2D eigenvalue weighted by Gasteiger charge is 2.58. The third-order valence-corrected chi connectivity index (χ3v) is 18.0. The molecule has 0 aromatic carbocycles. The molecule has 0 aromatic heterocycles. The van der Waals surface area contributed by atoms with Crippen molar-refractivity contribution in [2.24, 2.45) is 71.0 Å². The summed E-state index contributed by atoms with van der Waals surface area (Å²) in [4.78, 5) is 3.37. The zero-order valence-electron chi connectivity index (χ0n) is 29.6. The van der Waals surface area contributed by atoms with Crippen LogP contribution in [0.1, 0.15) is 186 Å². The van der Waals surface area contributed by atoms with Crippen LogP contribution >= 0.6 is 0 Å². The summed E-state index contributed by atoms with van der Waals surface area (Å²) in [6, 6.07) is 2.83. The van der Waals surface area contributed by atoms with E-state index in [0.29, 0.717) is 0 Å². The number of nitrogens with zero attached hydrogens (tertiary/aromatic N) is 1. The van der Waals surface area contributed by atoms with E-state index in [4.69, 9.17) is 0 Å². The molecule has 0 amide bonds. The maximum Gasteiger partial charge on any atom is 0.0104 e. The van der Waals surface area contributed by atoms with Crippen molar-refractivity contribution in [1.29, 1.82) is 0 Å². The van der Waals surface area contributed by atoms with Crippen LogP contribution in [0.15, 0.2) is 0 Å². The molecule has 1 heteroatoms. The predicted molar refractivity (Wildman–Crippen MR) is 189 cm³/mol. The number of fused-ring (bicyclic) bond motifs is 6. The van der Waals surface area contributed by atoms with E-state index in [0.717, 1.165) is 89.1 Å². The molecule has 1 nitrogen and oxygen atoms in total. The molecule has 0 aromatic rings. The lowest BCUT2D eigenvalue weighted by molar-refractivity contribution is -0.0398.